The lowest BCUT2D eigenvalue weighted by Gasteiger charge is -2.40. The van der Waals surface area contributed by atoms with Crippen molar-refractivity contribution >= 4 is 11.8 Å². The lowest BCUT2D eigenvalue weighted by molar-refractivity contribution is -0.135. The van der Waals surface area contributed by atoms with Crippen molar-refractivity contribution in [2.45, 2.75) is 25.8 Å². The summed E-state index contributed by atoms with van der Waals surface area (Å²) in [7, 11) is 0. The molecule has 21 heavy (non-hydrogen) atoms. The summed E-state index contributed by atoms with van der Waals surface area (Å²) in [5.41, 5.74) is 1.34. The van der Waals surface area contributed by atoms with E-state index in [0.29, 0.717) is 18.8 Å². The number of carbonyl (C=O) groups is 2. The van der Waals surface area contributed by atoms with Crippen LogP contribution in [0.5, 0.6) is 0 Å². The van der Waals surface area contributed by atoms with Crippen LogP contribution in [0.4, 0.5) is 0 Å². The average molecular weight is 291 g/mol. The van der Waals surface area contributed by atoms with Crippen LogP contribution in [0.2, 0.25) is 0 Å². The number of nitrogens with one attached hydrogen (secondary N) is 2. The maximum atomic E-state index is 12.5. The third-order valence-corrected chi connectivity index (χ3v) is 4.18. The van der Waals surface area contributed by atoms with Gasteiger partial charge in [-0.05, 0) is 25.8 Å². The van der Waals surface area contributed by atoms with Gasteiger partial charge in [-0.25, -0.2) is 0 Å². The molecule has 7 heteroatoms. The quantitative estimate of drug-likeness (QED) is 0.787. The maximum absolute atomic E-state index is 12.5. The molecule has 3 heterocycles. The molecule has 0 radical (unpaired) electrons. The monoisotopic (exact) mass is 291 g/mol. The Balaban J connectivity index is 1.68. The first-order chi connectivity index (χ1) is 10.1. The number of piperidine rings is 1. The lowest BCUT2D eigenvalue weighted by Crippen LogP contribution is -2.57. The van der Waals surface area contributed by atoms with Crippen molar-refractivity contribution in [1.29, 1.82) is 0 Å². The molecule has 1 atom stereocenters. The molecule has 2 saturated heterocycles. The Morgan fingerprint density at radius 3 is 3.00 bits per heavy atom. The van der Waals surface area contributed by atoms with E-state index < -0.39 is 0 Å². The smallest absolute Gasteiger partial charge is 0.274 e. The van der Waals surface area contributed by atoms with Gasteiger partial charge < -0.3 is 15.1 Å². The van der Waals surface area contributed by atoms with Gasteiger partial charge in [0.05, 0.1) is 6.54 Å². The SMILES string of the molecule is Cc1cc(C(=O)N2CCCC(N3CCNCC3=O)C2)n[nH]1. The molecular weight excluding hydrogens is 270 g/mol. The van der Waals surface area contributed by atoms with Gasteiger partial charge in [-0.3, -0.25) is 14.7 Å². The molecular formula is C14H21N5O2. The van der Waals surface area contributed by atoms with Crippen LogP contribution in [-0.4, -0.2) is 70.6 Å². The zero-order valence-corrected chi connectivity index (χ0v) is 12.3. The predicted molar refractivity (Wildman–Crippen MR) is 76.8 cm³/mol. The van der Waals surface area contributed by atoms with Gasteiger partial charge in [0.1, 0.15) is 5.69 Å². The highest BCUT2D eigenvalue weighted by atomic mass is 16.2. The number of amides is 2. The normalized spacial score (nSPS) is 23.5. The number of aromatic amines is 1. The van der Waals surface area contributed by atoms with E-state index >= 15 is 0 Å². The summed E-state index contributed by atoms with van der Waals surface area (Å²) in [6.07, 6.45) is 1.89. The molecule has 7 nitrogen and oxygen atoms in total. The molecule has 2 N–H and O–H groups in total. The van der Waals surface area contributed by atoms with E-state index in [2.05, 4.69) is 15.5 Å². The molecule has 0 aromatic carbocycles. The van der Waals surface area contributed by atoms with Gasteiger partial charge in [-0.1, -0.05) is 0 Å². The summed E-state index contributed by atoms with van der Waals surface area (Å²) in [4.78, 5) is 28.2. The van der Waals surface area contributed by atoms with E-state index in [1.54, 1.807) is 6.07 Å². The summed E-state index contributed by atoms with van der Waals surface area (Å²) < 4.78 is 0. The third-order valence-electron chi connectivity index (χ3n) is 4.18. The number of hydrogen-bond donors (Lipinski definition) is 2. The number of H-pyrrole nitrogens is 1. The number of hydrogen-bond acceptors (Lipinski definition) is 4. The third kappa shape index (κ3) is 2.92. The summed E-state index contributed by atoms with van der Waals surface area (Å²) in [5, 5.41) is 9.92. The van der Waals surface area contributed by atoms with Crippen molar-refractivity contribution in [2.24, 2.45) is 0 Å². The molecule has 0 bridgehead atoms. The number of aromatic nitrogens is 2. The van der Waals surface area contributed by atoms with E-state index in [4.69, 9.17) is 0 Å². The van der Waals surface area contributed by atoms with Crippen molar-refractivity contribution < 1.29 is 9.59 Å². The molecule has 1 aromatic heterocycles. The zero-order chi connectivity index (χ0) is 14.8. The molecule has 2 aliphatic heterocycles. The van der Waals surface area contributed by atoms with Gasteiger partial charge in [0.25, 0.3) is 5.91 Å². The van der Waals surface area contributed by atoms with E-state index in [9.17, 15) is 9.59 Å². The Labute approximate surface area is 123 Å². The fraction of sp³-hybridized carbons (Fsp3) is 0.643. The number of likely N-dealkylation sites (tertiary alicyclic amines) is 1. The first-order valence-electron chi connectivity index (χ1n) is 7.46. The number of aryl methyl sites for hydroxylation is 1. The first-order valence-corrected chi connectivity index (χ1v) is 7.46. The van der Waals surface area contributed by atoms with Crippen molar-refractivity contribution in [3.05, 3.63) is 17.5 Å². The minimum absolute atomic E-state index is 0.0494. The maximum Gasteiger partial charge on any atom is 0.274 e. The van der Waals surface area contributed by atoms with Crippen LogP contribution in [0.15, 0.2) is 6.07 Å². The molecule has 1 unspecified atom stereocenters. The van der Waals surface area contributed by atoms with Crippen LogP contribution < -0.4 is 5.32 Å². The van der Waals surface area contributed by atoms with Crippen LogP contribution in [-0.2, 0) is 4.79 Å². The average Bonchev–Trinajstić information content (AvgIpc) is 2.94. The zero-order valence-electron chi connectivity index (χ0n) is 12.3. The highest BCUT2D eigenvalue weighted by molar-refractivity contribution is 5.92. The Bertz CT molecular complexity index is 541. The van der Waals surface area contributed by atoms with Gasteiger partial charge >= 0.3 is 0 Å². The van der Waals surface area contributed by atoms with Crippen LogP contribution in [0.25, 0.3) is 0 Å². The van der Waals surface area contributed by atoms with Crippen LogP contribution in [0.1, 0.15) is 29.0 Å². The van der Waals surface area contributed by atoms with Gasteiger partial charge in [-0.2, -0.15) is 5.10 Å². The Morgan fingerprint density at radius 2 is 2.29 bits per heavy atom. The Kier molecular flexibility index (Phi) is 3.92. The molecule has 0 saturated carbocycles. The van der Waals surface area contributed by atoms with E-state index in [-0.39, 0.29) is 17.9 Å². The number of piperazine rings is 1. The highest BCUT2D eigenvalue weighted by Gasteiger charge is 2.32. The van der Waals surface area contributed by atoms with Gasteiger partial charge in [-0.15, -0.1) is 0 Å². The highest BCUT2D eigenvalue weighted by Crippen LogP contribution is 2.18. The lowest BCUT2D eigenvalue weighted by atomic mass is 10.0. The van der Waals surface area contributed by atoms with E-state index in [0.717, 1.165) is 38.2 Å². The molecule has 2 amide bonds. The van der Waals surface area contributed by atoms with E-state index in [1.165, 1.54) is 0 Å². The van der Waals surface area contributed by atoms with Crippen molar-refractivity contribution in [2.75, 3.05) is 32.7 Å². The molecule has 1 aromatic rings. The first kappa shape index (κ1) is 14.1. The second-order valence-corrected chi connectivity index (χ2v) is 5.75. The minimum Gasteiger partial charge on any atom is -0.336 e. The molecule has 0 aliphatic carbocycles. The Hall–Kier alpha value is -1.89. The second kappa shape index (κ2) is 5.85. The van der Waals surface area contributed by atoms with Crippen molar-refractivity contribution in [1.82, 2.24) is 25.3 Å². The molecule has 114 valence electrons. The molecule has 2 fully saturated rings. The fourth-order valence-corrected chi connectivity index (χ4v) is 3.09. The van der Waals surface area contributed by atoms with E-state index in [1.807, 2.05) is 16.7 Å². The van der Waals surface area contributed by atoms with Gasteiger partial charge in [0.15, 0.2) is 0 Å². The predicted octanol–water partition coefficient (Wildman–Crippen LogP) is -0.245. The van der Waals surface area contributed by atoms with Crippen LogP contribution in [0.3, 0.4) is 0 Å². The van der Waals surface area contributed by atoms with Gasteiger partial charge in [0, 0.05) is 37.9 Å². The molecule has 2 aliphatic rings. The van der Waals surface area contributed by atoms with Crippen molar-refractivity contribution in [3.8, 4) is 0 Å². The van der Waals surface area contributed by atoms with Crippen molar-refractivity contribution in [3.63, 3.8) is 0 Å². The standard InChI is InChI=1S/C14H21N5O2/c1-10-7-12(17-16-10)14(21)18-5-2-3-11(9-18)19-6-4-15-8-13(19)20/h7,11,15H,2-6,8-9H2,1H3,(H,16,17). The van der Waals surface area contributed by atoms with Crippen LogP contribution >= 0.6 is 0 Å². The number of nitrogens with zero attached hydrogens (tertiary/aromatic N) is 3. The largest absolute Gasteiger partial charge is 0.336 e. The topological polar surface area (TPSA) is 81.3 Å². The molecule has 0 spiro atoms. The minimum atomic E-state index is -0.0494. The fourth-order valence-electron chi connectivity index (χ4n) is 3.09. The summed E-state index contributed by atoms with van der Waals surface area (Å²) in [6.45, 7) is 5.19. The summed E-state index contributed by atoms with van der Waals surface area (Å²) in [6, 6.07) is 1.90. The Morgan fingerprint density at radius 1 is 1.43 bits per heavy atom. The van der Waals surface area contributed by atoms with Crippen LogP contribution in [0, 0.1) is 6.92 Å². The summed E-state index contributed by atoms with van der Waals surface area (Å²) >= 11 is 0. The number of rotatable bonds is 2. The second-order valence-electron chi connectivity index (χ2n) is 5.75. The number of carbonyl (C=O) groups excluding carboxylic acids is 2. The van der Waals surface area contributed by atoms with Gasteiger partial charge in [0.2, 0.25) is 5.91 Å². The molecule has 3 rings (SSSR count). The summed E-state index contributed by atoms with van der Waals surface area (Å²) in [5.74, 6) is 0.0859.